The molecule has 1 saturated heterocycles. The standard InChI is InChI=1S/C31H50O3/c1-4-7-9-10-12-14-26-23-33-31(34-24-26)28-19-20-30(32-21-6-3)29(22-28)27-17-15-25(16-18-27)13-11-8-5-2/h6,19-20,22,25-27,31H,3-5,7-18,21,23-24H2,1-2H3. The molecule has 0 N–H and O–H groups in total. The van der Waals surface area contributed by atoms with E-state index in [1.54, 1.807) is 0 Å². The first-order chi connectivity index (χ1) is 16.7. The summed E-state index contributed by atoms with van der Waals surface area (Å²) in [5.41, 5.74) is 2.49. The topological polar surface area (TPSA) is 27.7 Å². The van der Waals surface area contributed by atoms with Crippen molar-refractivity contribution in [2.24, 2.45) is 11.8 Å². The predicted molar refractivity (Wildman–Crippen MR) is 142 cm³/mol. The smallest absolute Gasteiger partial charge is 0.183 e. The van der Waals surface area contributed by atoms with Crippen LogP contribution in [0, 0.1) is 11.8 Å². The van der Waals surface area contributed by atoms with E-state index >= 15 is 0 Å². The van der Waals surface area contributed by atoms with Crippen LogP contribution in [0.15, 0.2) is 30.9 Å². The number of unbranched alkanes of at least 4 members (excludes halogenated alkanes) is 6. The highest BCUT2D eigenvalue weighted by molar-refractivity contribution is 5.41. The number of hydrogen-bond donors (Lipinski definition) is 0. The average molecular weight is 471 g/mol. The van der Waals surface area contributed by atoms with Gasteiger partial charge in [0, 0.05) is 11.5 Å². The summed E-state index contributed by atoms with van der Waals surface area (Å²) in [7, 11) is 0. The number of benzene rings is 1. The first-order valence-corrected chi connectivity index (χ1v) is 14.4. The van der Waals surface area contributed by atoms with Gasteiger partial charge in [0.15, 0.2) is 6.29 Å². The lowest BCUT2D eigenvalue weighted by Crippen LogP contribution is -2.27. The van der Waals surface area contributed by atoms with Gasteiger partial charge in [-0.15, -0.1) is 0 Å². The average Bonchev–Trinajstić information content (AvgIpc) is 2.88. The Kier molecular flexibility index (Phi) is 12.5. The third-order valence-corrected chi connectivity index (χ3v) is 7.85. The second-order valence-electron chi connectivity index (χ2n) is 10.7. The molecule has 0 atom stereocenters. The first kappa shape index (κ1) is 27.3. The summed E-state index contributed by atoms with van der Waals surface area (Å²) in [5, 5.41) is 0. The first-order valence-electron chi connectivity index (χ1n) is 14.4. The maximum Gasteiger partial charge on any atom is 0.183 e. The molecule has 0 bridgehead atoms. The highest BCUT2D eigenvalue weighted by Gasteiger charge is 2.28. The summed E-state index contributed by atoms with van der Waals surface area (Å²) in [6.07, 6.45) is 20.2. The van der Waals surface area contributed by atoms with Crippen molar-refractivity contribution in [3.05, 3.63) is 42.0 Å². The van der Waals surface area contributed by atoms with E-state index in [0.29, 0.717) is 18.4 Å². The molecule has 0 unspecified atom stereocenters. The SMILES string of the molecule is C=CCOc1ccc(C2OCC(CCCCCCC)CO2)cc1C1CCC(CCCCC)CC1. The van der Waals surface area contributed by atoms with Crippen molar-refractivity contribution in [3.63, 3.8) is 0 Å². The second kappa shape index (κ2) is 15.6. The minimum absolute atomic E-state index is 0.242. The van der Waals surface area contributed by atoms with E-state index in [1.165, 1.54) is 95.5 Å². The molecule has 3 rings (SSSR count). The molecule has 0 radical (unpaired) electrons. The Bertz CT molecular complexity index is 684. The Balaban J connectivity index is 1.55. The highest BCUT2D eigenvalue weighted by Crippen LogP contribution is 2.42. The van der Waals surface area contributed by atoms with Crippen LogP contribution >= 0.6 is 0 Å². The zero-order chi connectivity index (χ0) is 24.0. The molecule has 1 heterocycles. The lowest BCUT2D eigenvalue weighted by Gasteiger charge is -2.32. The normalized spacial score (nSPS) is 25.2. The van der Waals surface area contributed by atoms with Crippen LogP contribution in [0.4, 0.5) is 0 Å². The zero-order valence-electron chi connectivity index (χ0n) is 22.1. The maximum atomic E-state index is 6.21. The summed E-state index contributed by atoms with van der Waals surface area (Å²) in [4.78, 5) is 0. The van der Waals surface area contributed by atoms with Crippen molar-refractivity contribution in [2.75, 3.05) is 19.8 Å². The lowest BCUT2D eigenvalue weighted by molar-refractivity contribution is -0.206. The molecule has 2 aliphatic rings. The summed E-state index contributed by atoms with van der Waals surface area (Å²) in [5.74, 6) is 3.03. The number of hydrogen-bond acceptors (Lipinski definition) is 3. The van der Waals surface area contributed by atoms with Crippen LogP contribution in [-0.2, 0) is 9.47 Å². The van der Waals surface area contributed by atoms with Gasteiger partial charge in [-0.3, -0.25) is 0 Å². The Morgan fingerprint density at radius 1 is 0.853 bits per heavy atom. The minimum atomic E-state index is -0.242. The molecular formula is C31H50O3. The predicted octanol–water partition coefficient (Wildman–Crippen LogP) is 9.13. The summed E-state index contributed by atoms with van der Waals surface area (Å²) < 4.78 is 18.5. The van der Waals surface area contributed by atoms with Crippen molar-refractivity contribution >= 4 is 0 Å². The Morgan fingerprint density at radius 2 is 1.50 bits per heavy atom. The van der Waals surface area contributed by atoms with Crippen molar-refractivity contribution in [3.8, 4) is 5.75 Å². The third kappa shape index (κ3) is 8.72. The van der Waals surface area contributed by atoms with E-state index in [1.807, 2.05) is 6.08 Å². The zero-order valence-corrected chi connectivity index (χ0v) is 22.1. The molecule has 3 nitrogen and oxygen atoms in total. The second-order valence-corrected chi connectivity index (χ2v) is 10.7. The van der Waals surface area contributed by atoms with E-state index in [-0.39, 0.29) is 6.29 Å². The van der Waals surface area contributed by atoms with E-state index in [0.717, 1.165) is 30.4 Å². The van der Waals surface area contributed by atoms with Gasteiger partial charge in [0.25, 0.3) is 0 Å². The number of rotatable bonds is 15. The van der Waals surface area contributed by atoms with E-state index < -0.39 is 0 Å². The molecule has 0 aromatic heterocycles. The molecule has 34 heavy (non-hydrogen) atoms. The molecule has 2 fully saturated rings. The summed E-state index contributed by atoms with van der Waals surface area (Å²) in [6, 6.07) is 6.58. The van der Waals surface area contributed by atoms with Crippen LogP contribution in [0.3, 0.4) is 0 Å². The molecule has 0 amide bonds. The van der Waals surface area contributed by atoms with E-state index in [4.69, 9.17) is 14.2 Å². The van der Waals surface area contributed by atoms with Crippen LogP contribution in [-0.4, -0.2) is 19.8 Å². The molecule has 1 aliphatic carbocycles. The third-order valence-electron chi connectivity index (χ3n) is 7.85. The van der Waals surface area contributed by atoms with Gasteiger partial charge in [0.1, 0.15) is 12.4 Å². The fraction of sp³-hybridized carbons (Fsp3) is 0.742. The van der Waals surface area contributed by atoms with Gasteiger partial charge in [-0.2, -0.15) is 0 Å². The molecule has 1 aromatic rings. The lowest BCUT2D eigenvalue weighted by atomic mass is 9.76. The molecule has 1 aliphatic heterocycles. The quantitative estimate of drug-likeness (QED) is 0.189. The number of ether oxygens (including phenoxy) is 3. The van der Waals surface area contributed by atoms with Gasteiger partial charge >= 0.3 is 0 Å². The molecule has 1 aromatic carbocycles. The summed E-state index contributed by atoms with van der Waals surface area (Å²) >= 11 is 0. The Labute approximate surface area is 209 Å². The molecule has 0 spiro atoms. The van der Waals surface area contributed by atoms with Crippen LogP contribution in [0.2, 0.25) is 0 Å². The van der Waals surface area contributed by atoms with Gasteiger partial charge in [-0.25, -0.2) is 0 Å². The van der Waals surface area contributed by atoms with Crippen LogP contribution in [0.1, 0.15) is 127 Å². The van der Waals surface area contributed by atoms with Gasteiger partial charge in [0.2, 0.25) is 0 Å². The van der Waals surface area contributed by atoms with E-state index in [9.17, 15) is 0 Å². The monoisotopic (exact) mass is 470 g/mol. The highest BCUT2D eigenvalue weighted by atomic mass is 16.7. The molecule has 1 saturated carbocycles. The minimum Gasteiger partial charge on any atom is -0.489 e. The molecule has 3 heteroatoms. The molecule has 192 valence electrons. The van der Waals surface area contributed by atoms with Gasteiger partial charge < -0.3 is 14.2 Å². The fourth-order valence-electron chi connectivity index (χ4n) is 5.70. The fourth-order valence-corrected chi connectivity index (χ4v) is 5.70. The summed E-state index contributed by atoms with van der Waals surface area (Å²) in [6.45, 7) is 10.6. The van der Waals surface area contributed by atoms with Crippen molar-refractivity contribution in [2.45, 2.75) is 116 Å². The van der Waals surface area contributed by atoms with Gasteiger partial charge in [0.05, 0.1) is 13.2 Å². The van der Waals surface area contributed by atoms with Crippen LogP contribution < -0.4 is 4.74 Å². The van der Waals surface area contributed by atoms with Crippen LogP contribution in [0.5, 0.6) is 5.75 Å². The largest absolute Gasteiger partial charge is 0.489 e. The Hall–Kier alpha value is -1.32. The molecular weight excluding hydrogens is 420 g/mol. The maximum absolute atomic E-state index is 6.21. The van der Waals surface area contributed by atoms with Crippen molar-refractivity contribution in [1.29, 1.82) is 0 Å². The van der Waals surface area contributed by atoms with Crippen LogP contribution in [0.25, 0.3) is 0 Å². The Morgan fingerprint density at radius 3 is 2.21 bits per heavy atom. The van der Waals surface area contributed by atoms with Crippen molar-refractivity contribution < 1.29 is 14.2 Å². The van der Waals surface area contributed by atoms with Crippen molar-refractivity contribution in [1.82, 2.24) is 0 Å². The van der Waals surface area contributed by atoms with Gasteiger partial charge in [-0.05, 0) is 61.6 Å². The van der Waals surface area contributed by atoms with Gasteiger partial charge in [-0.1, -0.05) is 90.4 Å². The van der Waals surface area contributed by atoms with E-state index in [2.05, 4.69) is 38.6 Å².